The first-order chi connectivity index (χ1) is 12.6. The van der Waals surface area contributed by atoms with Crippen LogP contribution in [0.3, 0.4) is 0 Å². The molecule has 2 heterocycles. The SMILES string of the molecule is Cc1cnc(Nc2nc([C@@H](O)c3ccc(F)cc3)nc3ccccc23)s1. The first-order valence-corrected chi connectivity index (χ1v) is 8.81. The highest BCUT2D eigenvalue weighted by Crippen LogP contribution is 2.29. The molecule has 0 spiro atoms. The molecule has 0 fully saturated rings. The third kappa shape index (κ3) is 3.26. The Morgan fingerprint density at radius 3 is 2.58 bits per heavy atom. The minimum absolute atomic E-state index is 0.242. The zero-order valence-corrected chi connectivity index (χ0v) is 14.7. The molecule has 1 atom stereocenters. The number of thiazole rings is 1. The van der Waals surface area contributed by atoms with E-state index < -0.39 is 6.10 Å². The smallest absolute Gasteiger partial charge is 0.188 e. The van der Waals surface area contributed by atoms with E-state index in [1.807, 2.05) is 31.2 Å². The zero-order chi connectivity index (χ0) is 18.1. The summed E-state index contributed by atoms with van der Waals surface area (Å²) in [5.74, 6) is 0.453. The molecule has 0 aliphatic heterocycles. The van der Waals surface area contributed by atoms with E-state index >= 15 is 0 Å². The van der Waals surface area contributed by atoms with Crippen LogP contribution in [-0.2, 0) is 0 Å². The quantitative estimate of drug-likeness (QED) is 0.562. The molecule has 0 aliphatic carbocycles. The van der Waals surface area contributed by atoms with E-state index in [-0.39, 0.29) is 11.6 Å². The first kappa shape index (κ1) is 16.6. The highest BCUT2D eigenvalue weighted by Gasteiger charge is 2.17. The summed E-state index contributed by atoms with van der Waals surface area (Å²) in [6.45, 7) is 1.98. The van der Waals surface area contributed by atoms with Crippen molar-refractivity contribution >= 4 is 33.2 Å². The van der Waals surface area contributed by atoms with Gasteiger partial charge in [0.15, 0.2) is 11.0 Å². The molecule has 2 N–H and O–H groups in total. The third-order valence-corrected chi connectivity index (χ3v) is 4.73. The van der Waals surface area contributed by atoms with E-state index in [2.05, 4.69) is 20.3 Å². The Bertz CT molecular complexity index is 1060. The van der Waals surface area contributed by atoms with Gasteiger partial charge in [-0.1, -0.05) is 24.3 Å². The number of fused-ring (bicyclic) bond motifs is 1. The maximum Gasteiger partial charge on any atom is 0.188 e. The number of rotatable bonds is 4. The molecule has 130 valence electrons. The van der Waals surface area contributed by atoms with Crippen molar-refractivity contribution < 1.29 is 9.50 Å². The van der Waals surface area contributed by atoms with Crippen LogP contribution in [0.5, 0.6) is 0 Å². The summed E-state index contributed by atoms with van der Waals surface area (Å²) in [4.78, 5) is 14.4. The lowest BCUT2D eigenvalue weighted by Crippen LogP contribution is -2.08. The van der Waals surface area contributed by atoms with Crippen LogP contribution >= 0.6 is 11.3 Å². The topological polar surface area (TPSA) is 70.9 Å². The maximum atomic E-state index is 13.1. The van der Waals surface area contributed by atoms with E-state index in [4.69, 9.17) is 0 Å². The van der Waals surface area contributed by atoms with Crippen molar-refractivity contribution in [1.82, 2.24) is 15.0 Å². The number of nitrogens with zero attached hydrogens (tertiary/aromatic N) is 3. The lowest BCUT2D eigenvalue weighted by atomic mass is 10.1. The van der Waals surface area contributed by atoms with Gasteiger partial charge in [0.25, 0.3) is 0 Å². The lowest BCUT2D eigenvalue weighted by molar-refractivity contribution is 0.210. The largest absolute Gasteiger partial charge is 0.380 e. The molecule has 0 unspecified atom stereocenters. The molecule has 4 rings (SSSR count). The normalized spacial score (nSPS) is 12.3. The minimum Gasteiger partial charge on any atom is -0.380 e. The summed E-state index contributed by atoms with van der Waals surface area (Å²) in [5, 5.41) is 15.4. The molecule has 0 bridgehead atoms. The fourth-order valence-electron chi connectivity index (χ4n) is 2.62. The van der Waals surface area contributed by atoms with Crippen molar-refractivity contribution in [2.24, 2.45) is 0 Å². The molecule has 0 saturated carbocycles. The van der Waals surface area contributed by atoms with Crippen molar-refractivity contribution in [3.8, 4) is 0 Å². The molecular weight excluding hydrogens is 351 g/mol. The predicted octanol–water partition coefficient (Wildman–Crippen LogP) is 4.36. The highest BCUT2D eigenvalue weighted by molar-refractivity contribution is 7.15. The monoisotopic (exact) mass is 366 g/mol. The predicted molar refractivity (Wildman–Crippen MR) is 100 cm³/mol. The van der Waals surface area contributed by atoms with Crippen LogP contribution in [0.1, 0.15) is 22.4 Å². The van der Waals surface area contributed by atoms with Gasteiger partial charge < -0.3 is 10.4 Å². The summed E-state index contributed by atoms with van der Waals surface area (Å²) < 4.78 is 13.1. The number of halogens is 1. The third-order valence-electron chi connectivity index (χ3n) is 3.90. The van der Waals surface area contributed by atoms with Crippen LogP contribution in [0.15, 0.2) is 54.7 Å². The van der Waals surface area contributed by atoms with Gasteiger partial charge >= 0.3 is 0 Å². The van der Waals surface area contributed by atoms with Crippen LogP contribution < -0.4 is 5.32 Å². The number of para-hydroxylation sites is 1. The van der Waals surface area contributed by atoms with E-state index in [0.29, 0.717) is 22.0 Å². The molecule has 4 aromatic rings. The highest BCUT2D eigenvalue weighted by atomic mass is 32.1. The van der Waals surface area contributed by atoms with Crippen LogP contribution in [0.2, 0.25) is 0 Å². The zero-order valence-electron chi connectivity index (χ0n) is 13.8. The second-order valence-electron chi connectivity index (χ2n) is 5.80. The van der Waals surface area contributed by atoms with E-state index in [9.17, 15) is 9.50 Å². The summed E-state index contributed by atoms with van der Waals surface area (Å²) in [6.07, 6.45) is 0.726. The number of hydrogen-bond donors (Lipinski definition) is 2. The fraction of sp³-hybridized carbons (Fsp3) is 0.105. The molecule has 0 radical (unpaired) electrons. The van der Waals surface area contributed by atoms with Gasteiger partial charge in [-0.3, -0.25) is 0 Å². The lowest BCUT2D eigenvalue weighted by Gasteiger charge is -2.13. The number of aromatic nitrogens is 3. The van der Waals surface area contributed by atoms with Crippen LogP contribution in [0.4, 0.5) is 15.3 Å². The number of hydrogen-bond acceptors (Lipinski definition) is 6. The Morgan fingerprint density at radius 1 is 1.08 bits per heavy atom. The van der Waals surface area contributed by atoms with E-state index in [1.54, 1.807) is 6.20 Å². The molecule has 0 saturated heterocycles. The summed E-state index contributed by atoms with van der Waals surface area (Å²) in [7, 11) is 0. The molecule has 2 aromatic heterocycles. The van der Waals surface area contributed by atoms with Gasteiger partial charge in [-0.2, -0.15) is 0 Å². The Labute approximate surface area is 153 Å². The van der Waals surface area contributed by atoms with Gasteiger partial charge in [0.2, 0.25) is 0 Å². The average molecular weight is 366 g/mol. The van der Waals surface area contributed by atoms with Crippen LogP contribution in [-0.4, -0.2) is 20.1 Å². The molecule has 7 heteroatoms. The number of benzene rings is 2. The minimum atomic E-state index is -1.06. The van der Waals surface area contributed by atoms with Gasteiger partial charge in [-0.25, -0.2) is 19.3 Å². The summed E-state index contributed by atoms with van der Waals surface area (Å²) >= 11 is 1.52. The molecule has 2 aromatic carbocycles. The standard InChI is InChI=1S/C19H15FN4OS/c1-11-10-21-19(26-11)24-17-14-4-2-3-5-15(14)22-18(23-17)16(25)12-6-8-13(20)9-7-12/h2-10,16,25H,1H3,(H,21,22,23,24)/t16-/m0/s1. The van der Waals surface area contributed by atoms with Crippen molar-refractivity contribution in [3.05, 3.63) is 76.8 Å². The van der Waals surface area contributed by atoms with Gasteiger partial charge in [0, 0.05) is 16.5 Å². The summed E-state index contributed by atoms with van der Waals surface area (Å²) in [6, 6.07) is 13.2. The number of aliphatic hydroxyl groups excluding tert-OH is 1. The Balaban J connectivity index is 1.79. The van der Waals surface area contributed by atoms with Gasteiger partial charge in [-0.15, -0.1) is 11.3 Å². The Morgan fingerprint density at radius 2 is 1.85 bits per heavy atom. The Kier molecular flexibility index (Phi) is 4.32. The second-order valence-corrected chi connectivity index (χ2v) is 7.04. The first-order valence-electron chi connectivity index (χ1n) is 8.00. The number of nitrogens with one attached hydrogen (secondary N) is 1. The van der Waals surface area contributed by atoms with Gasteiger partial charge in [0.05, 0.1) is 5.52 Å². The van der Waals surface area contributed by atoms with Crippen molar-refractivity contribution in [2.75, 3.05) is 5.32 Å². The van der Waals surface area contributed by atoms with Crippen molar-refractivity contribution in [2.45, 2.75) is 13.0 Å². The fourth-order valence-corrected chi connectivity index (χ4v) is 3.28. The number of aryl methyl sites for hydroxylation is 1. The van der Waals surface area contributed by atoms with Gasteiger partial charge in [-0.05, 0) is 36.8 Å². The molecule has 5 nitrogen and oxygen atoms in total. The van der Waals surface area contributed by atoms with Crippen LogP contribution in [0, 0.1) is 12.7 Å². The van der Waals surface area contributed by atoms with E-state index in [0.717, 1.165) is 10.3 Å². The van der Waals surface area contributed by atoms with Gasteiger partial charge in [0.1, 0.15) is 17.7 Å². The molecule has 26 heavy (non-hydrogen) atoms. The molecule has 0 aliphatic rings. The maximum absolute atomic E-state index is 13.1. The molecular formula is C19H15FN4OS. The summed E-state index contributed by atoms with van der Waals surface area (Å²) in [5.41, 5.74) is 1.23. The molecule has 0 amide bonds. The average Bonchev–Trinajstić information content (AvgIpc) is 3.06. The van der Waals surface area contributed by atoms with Crippen molar-refractivity contribution in [3.63, 3.8) is 0 Å². The van der Waals surface area contributed by atoms with Crippen molar-refractivity contribution in [1.29, 1.82) is 0 Å². The van der Waals surface area contributed by atoms with E-state index in [1.165, 1.54) is 35.6 Å². The number of aliphatic hydroxyl groups is 1. The Hall–Kier alpha value is -2.90. The van der Waals surface area contributed by atoms with Crippen LogP contribution in [0.25, 0.3) is 10.9 Å². The second kappa shape index (κ2) is 6.78. The number of anilines is 2.